The second kappa shape index (κ2) is 6.52. The molecule has 10 heteroatoms. The first-order valence-corrected chi connectivity index (χ1v) is 6.22. The van der Waals surface area contributed by atoms with Gasteiger partial charge < -0.3 is 21.7 Å². The number of hydrogen-bond donors (Lipinski definition) is 4. The van der Waals surface area contributed by atoms with E-state index < -0.39 is 12.2 Å². The number of aliphatic hydroxyl groups excluding tert-OH is 2. The lowest BCUT2D eigenvalue weighted by Gasteiger charge is -2.12. The Morgan fingerprint density at radius 3 is 1.65 bits per heavy atom. The highest BCUT2D eigenvalue weighted by Crippen LogP contribution is 2.25. The molecular formula is C10H18N8O2. The summed E-state index contributed by atoms with van der Waals surface area (Å²) in [5.74, 6) is 0. The number of hydrogen-bond acceptors (Lipinski definition) is 8. The Morgan fingerprint density at radius 2 is 1.30 bits per heavy atom. The Labute approximate surface area is 115 Å². The number of aliphatic hydroxyl groups is 2. The SMILES string of the molecule is NCCn1cc(C(O)C(O)c2cn(CCN)nn2)nn1. The molecule has 2 aromatic heterocycles. The summed E-state index contributed by atoms with van der Waals surface area (Å²) in [6.45, 7) is 1.80. The summed E-state index contributed by atoms with van der Waals surface area (Å²) in [7, 11) is 0. The molecule has 0 bridgehead atoms. The summed E-state index contributed by atoms with van der Waals surface area (Å²) in [4.78, 5) is 0. The van der Waals surface area contributed by atoms with Crippen molar-refractivity contribution in [3.05, 3.63) is 23.8 Å². The van der Waals surface area contributed by atoms with E-state index in [-0.39, 0.29) is 11.4 Å². The van der Waals surface area contributed by atoms with Crippen molar-refractivity contribution in [1.29, 1.82) is 0 Å². The molecule has 0 fully saturated rings. The molecule has 110 valence electrons. The molecule has 2 aromatic rings. The van der Waals surface area contributed by atoms with Gasteiger partial charge in [-0.15, -0.1) is 10.2 Å². The van der Waals surface area contributed by atoms with E-state index in [0.717, 1.165) is 0 Å². The maximum absolute atomic E-state index is 10.1. The fourth-order valence-electron chi connectivity index (χ4n) is 1.70. The van der Waals surface area contributed by atoms with Gasteiger partial charge in [0.05, 0.1) is 25.5 Å². The quantitative estimate of drug-likeness (QED) is 0.436. The van der Waals surface area contributed by atoms with E-state index in [2.05, 4.69) is 20.6 Å². The van der Waals surface area contributed by atoms with E-state index in [0.29, 0.717) is 26.2 Å². The van der Waals surface area contributed by atoms with Crippen LogP contribution in [-0.2, 0) is 13.1 Å². The highest BCUT2D eigenvalue weighted by molar-refractivity contribution is 5.08. The van der Waals surface area contributed by atoms with Crippen molar-refractivity contribution < 1.29 is 10.2 Å². The molecule has 2 unspecified atom stereocenters. The standard InChI is InChI=1S/C10H18N8O2/c11-1-3-17-5-7(13-15-17)9(19)10(20)8-6-18(4-2-12)16-14-8/h5-6,9-10,19-20H,1-4,11-12H2. The van der Waals surface area contributed by atoms with Crippen molar-refractivity contribution in [3.8, 4) is 0 Å². The van der Waals surface area contributed by atoms with Crippen LogP contribution in [-0.4, -0.2) is 53.3 Å². The summed E-state index contributed by atoms with van der Waals surface area (Å²) in [5.41, 5.74) is 11.3. The minimum absolute atomic E-state index is 0.249. The minimum Gasteiger partial charge on any atom is -0.383 e. The van der Waals surface area contributed by atoms with Gasteiger partial charge in [-0.2, -0.15) is 0 Å². The van der Waals surface area contributed by atoms with Crippen LogP contribution in [0.25, 0.3) is 0 Å². The van der Waals surface area contributed by atoms with E-state index in [9.17, 15) is 10.2 Å². The Morgan fingerprint density at radius 1 is 0.900 bits per heavy atom. The predicted octanol–water partition coefficient (Wildman–Crippen LogP) is -2.45. The van der Waals surface area contributed by atoms with Crippen molar-refractivity contribution in [3.63, 3.8) is 0 Å². The van der Waals surface area contributed by atoms with Crippen molar-refractivity contribution in [2.75, 3.05) is 13.1 Å². The predicted molar refractivity (Wildman–Crippen MR) is 68.1 cm³/mol. The topological polar surface area (TPSA) is 154 Å². The molecule has 0 aliphatic carbocycles. The van der Waals surface area contributed by atoms with Crippen LogP contribution in [0.1, 0.15) is 23.6 Å². The smallest absolute Gasteiger partial charge is 0.131 e. The van der Waals surface area contributed by atoms with Gasteiger partial charge in [-0.3, -0.25) is 9.36 Å². The summed E-state index contributed by atoms with van der Waals surface area (Å²) < 4.78 is 2.99. The molecule has 6 N–H and O–H groups in total. The zero-order chi connectivity index (χ0) is 14.5. The molecule has 0 spiro atoms. The first-order valence-electron chi connectivity index (χ1n) is 6.22. The van der Waals surface area contributed by atoms with E-state index in [1.165, 1.54) is 21.8 Å². The average molecular weight is 282 g/mol. The van der Waals surface area contributed by atoms with Crippen LogP contribution in [0.3, 0.4) is 0 Å². The molecule has 0 saturated carbocycles. The zero-order valence-electron chi connectivity index (χ0n) is 10.9. The lowest BCUT2D eigenvalue weighted by molar-refractivity contribution is 0.0119. The maximum Gasteiger partial charge on any atom is 0.131 e. The Bertz CT molecular complexity index is 491. The first kappa shape index (κ1) is 14.5. The van der Waals surface area contributed by atoms with Crippen LogP contribution < -0.4 is 11.5 Å². The van der Waals surface area contributed by atoms with Crippen LogP contribution in [0.2, 0.25) is 0 Å². The third kappa shape index (κ3) is 3.17. The van der Waals surface area contributed by atoms with Gasteiger partial charge in [-0.25, -0.2) is 0 Å². The Balaban J connectivity index is 2.07. The number of rotatable bonds is 7. The molecule has 0 saturated heterocycles. The normalized spacial score (nSPS) is 14.4. The lowest BCUT2D eigenvalue weighted by Crippen LogP contribution is -2.12. The van der Waals surface area contributed by atoms with Gasteiger partial charge in [0.25, 0.3) is 0 Å². The molecule has 0 aliphatic rings. The fraction of sp³-hybridized carbons (Fsp3) is 0.600. The number of aromatic nitrogens is 6. The largest absolute Gasteiger partial charge is 0.383 e. The van der Waals surface area contributed by atoms with Gasteiger partial charge in [0.15, 0.2) is 0 Å². The highest BCUT2D eigenvalue weighted by Gasteiger charge is 2.25. The summed E-state index contributed by atoms with van der Waals surface area (Å²) >= 11 is 0. The molecule has 10 nitrogen and oxygen atoms in total. The molecule has 0 aromatic carbocycles. The minimum atomic E-state index is -1.23. The maximum atomic E-state index is 10.1. The summed E-state index contributed by atoms with van der Waals surface area (Å²) in [6, 6.07) is 0. The van der Waals surface area contributed by atoms with Gasteiger partial charge >= 0.3 is 0 Å². The van der Waals surface area contributed by atoms with E-state index in [4.69, 9.17) is 11.5 Å². The number of nitrogens with zero attached hydrogens (tertiary/aromatic N) is 6. The third-order valence-corrected chi connectivity index (χ3v) is 2.73. The van der Waals surface area contributed by atoms with Crippen LogP contribution in [0.15, 0.2) is 12.4 Å². The zero-order valence-corrected chi connectivity index (χ0v) is 10.9. The highest BCUT2D eigenvalue weighted by atomic mass is 16.3. The second-order valence-electron chi connectivity index (χ2n) is 4.28. The van der Waals surface area contributed by atoms with Crippen LogP contribution in [0.4, 0.5) is 0 Å². The fourth-order valence-corrected chi connectivity index (χ4v) is 1.70. The molecular weight excluding hydrogens is 264 g/mol. The lowest BCUT2D eigenvalue weighted by atomic mass is 10.1. The van der Waals surface area contributed by atoms with Gasteiger partial charge in [-0.05, 0) is 0 Å². The van der Waals surface area contributed by atoms with Crippen molar-refractivity contribution in [2.24, 2.45) is 11.5 Å². The average Bonchev–Trinajstić information content (AvgIpc) is 3.07. The van der Waals surface area contributed by atoms with Gasteiger partial charge in [0.2, 0.25) is 0 Å². The molecule has 0 aliphatic heterocycles. The van der Waals surface area contributed by atoms with E-state index >= 15 is 0 Å². The van der Waals surface area contributed by atoms with Gasteiger partial charge in [0, 0.05) is 13.1 Å². The molecule has 20 heavy (non-hydrogen) atoms. The third-order valence-electron chi connectivity index (χ3n) is 2.73. The van der Waals surface area contributed by atoms with Crippen LogP contribution in [0.5, 0.6) is 0 Å². The summed E-state index contributed by atoms with van der Waals surface area (Å²) in [6.07, 6.45) is 0.602. The van der Waals surface area contributed by atoms with Gasteiger partial charge in [0.1, 0.15) is 23.6 Å². The Hall–Kier alpha value is -1.88. The first-order chi connectivity index (χ1) is 9.65. The molecule has 0 amide bonds. The molecule has 2 heterocycles. The summed E-state index contributed by atoms with van der Waals surface area (Å²) in [5, 5.41) is 35.3. The van der Waals surface area contributed by atoms with Crippen molar-refractivity contribution in [1.82, 2.24) is 30.0 Å². The molecule has 2 atom stereocenters. The van der Waals surface area contributed by atoms with Crippen LogP contribution >= 0.6 is 0 Å². The van der Waals surface area contributed by atoms with Crippen molar-refractivity contribution >= 4 is 0 Å². The van der Waals surface area contributed by atoms with Crippen LogP contribution in [0, 0.1) is 0 Å². The second-order valence-corrected chi connectivity index (χ2v) is 4.28. The number of nitrogens with two attached hydrogens (primary N) is 2. The van der Waals surface area contributed by atoms with E-state index in [1.54, 1.807) is 0 Å². The van der Waals surface area contributed by atoms with E-state index in [1.807, 2.05) is 0 Å². The Kier molecular flexibility index (Phi) is 4.74. The molecule has 2 rings (SSSR count). The molecule has 0 radical (unpaired) electrons. The monoisotopic (exact) mass is 282 g/mol. The van der Waals surface area contributed by atoms with Crippen molar-refractivity contribution in [2.45, 2.75) is 25.3 Å². The van der Waals surface area contributed by atoms with Gasteiger partial charge in [-0.1, -0.05) is 10.4 Å².